The van der Waals surface area contributed by atoms with Crippen LogP contribution >= 0.6 is 0 Å². The molecule has 3 aliphatic rings. The van der Waals surface area contributed by atoms with Crippen molar-refractivity contribution in [2.75, 3.05) is 20.2 Å². The van der Waals surface area contributed by atoms with E-state index < -0.39 is 11.5 Å². The number of hydroxylamine groups is 2. The van der Waals surface area contributed by atoms with Gasteiger partial charge in [0.15, 0.2) is 11.4 Å². The molecular formula is C20H25NO4. The molecule has 1 spiro atoms. The molecule has 1 aliphatic carbocycles. The van der Waals surface area contributed by atoms with Gasteiger partial charge < -0.3 is 9.57 Å². The molecule has 1 atom stereocenters. The topological polar surface area (TPSA) is 55.8 Å². The molecule has 1 unspecified atom stereocenters. The molecule has 4 rings (SSSR count). The molecule has 0 N–H and O–H groups in total. The van der Waals surface area contributed by atoms with Gasteiger partial charge in [0.2, 0.25) is 0 Å². The van der Waals surface area contributed by atoms with Crippen LogP contribution in [0, 0.1) is 13.8 Å². The van der Waals surface area contributed by atoms with E-state index in [1.54, 1.807) is 7.11 Å². The lowest BCUT2D eigenvalue weighted by atomic mass is 9.78. The summed E-state index contributed by atoms with van der Waals surface area (Å²) < 4.78 is 5.73. The lowest BCUT2D eigenvalue weighted by Crippen LogP contribution is -2.48. The number of piperidine rings is 1. The van der Waals surface area contributed by atoms with Gasteiger partial charge in [-0.15, -0.1) is 0 Å². The van der Waals surface area contributed by atoms with Crippen LogP contribution in [-0.2, 0) is 19.2 Å². The summed E-state index contributed by atoms with van der Waals surface area (Å²) in [5.74, 6) is -0.696. The maximum atomic E-state index is 13.3. The van der Waals surface area contributed by atoms with Crippen molar-refractivity contribution in [3.8, 4) is 0 Å². The summed E-state index contributed by atoms with van der Waals surface area (Å²) in [6.07, 6.45) is 3.29. The normalized spacial score (nSPS) is 26.3. The second-order valence-corrected chi connectivity index (χ2v) is 7.68. The number of benzene rings is 1. The van der Waals surface area contributed by atoms with Crippen LogP contribution in [0.25, 0.3) is 0 Å². The van der Waals surface area contributed by atoms with Gasteiger partial charge in [0.05, 0.1) is 7.11 Å². The highest BCUT2D eigenvalue weighted by Gasteiger charge is 2.57. The highest BCUT2D eigenvalue weighted by Crippen LogP contribution is 2.48. The summed E-state index contributed by atoms with van der Waals surface area (Å²) in [7, 11) is 1.63. The predicted octanol–water partition coefficient (Wildman–Crippen LogP) is 2.79. The largest absolute Gasteiger partial charge is 0.450 e. The van der Waals surface area contributed by atoms with Crippen LogP contribution in [0.15, 0.2) is 12.1 Å². The lowest BCUT2D eigenvalue weighted by molar-refractivity contribution is -0.184. The molecule has 0 aromatic heterocycles. The van der Waals surface area contributed by atoms with Gasteiger partial charge in [0.25, 0.3) is 0 Å². The quantitative estimate of drug-likeness (QED) is 0.624. The van der Waals surface area contributed by atoms with E-state index in [9.17, 15) is 9.59 Å². The van der Waals surface area contributed by atoms with E-state index in [1.807, 2.05) is 12.0 Å². The predicted molar refractivity (Wildman–Crippen MR) is 92.3 cm³/mol. The first-order chi connectivity index (χ1) is 11.9. The molecule has 1 saturated carbocycles. The van der Waals surface area contributed by atoms with E-state index in [4.69, 9.17) is 9.57 Å². The first-order valence-corrected chi connectivity index (χ1v) is 9.12. The van der Waals surface area contributed by atoms with Crippen molar-refractivity contribution >= 4 is 11.8 Å². The molecule has 0 bridgehead atoms. The minimum absolute atomic E-state index is 0.0536. The molecule has 5 heteroatoms. The van der Waals surface area contributed by atoms with Gasteiger partial charge in [-0.1, -0.05) is 17.7 Å². The van der Waals surface area contributed by atoms with Crippen molar-refractivity contribution in [3.05, 3.63) is 34.4 Å². The van der Waals surface area contributed by atoms with Crippen molar-refractivity contribution in [2.45, 2.75) is 57.0 Å². The molecule has 2 heterocycles. The molecule has 134 valence electrons. The summed E-state index contributed by atoms with van der Waals surface area (Å²) in [6, 6.07) is 4.22. The molecular weight excluding hydrogens is 318 g/mol. The molecule has 2 saturated heterocycles. The minimum Gasteiger partial charge on any atom is -0.450 e. The van der Waals surface area contributed by atoms with Crippen LogP contribution in [0.4, 0.5) is 0 Å². The molecule has 5 nitrogen and oxygen atoms in total. The number of hydrogen-bond donors (Lipinski definition) is 0. The Morgan fingerprint density at radius 3 is 2.44 bits per heavy atom. The van der Waals surface area contributed by atoms with Crippen molar-refractivity contribution in [1.82, 2.24) is 5.06 Å². The Kier molecular flexibility index (Phi) is 3.96. The lowest BCUT2D eigenvalue weighted by Gasteiger charge is -2.35. The molecule has 25 heavy (non-hydrogen) atoms. The number of carbonyl (C=O) groups excluding carboxylic acids is 2. The first-order valence-electron chi connectivity index (χ1n) is 9.12. The SMILES string of the molecule is CON1CCC2(CC1)OC(=O)C(c1c(C)cc(C)cc1C1CC1)C2=O. The summed E-state index contributed by atoms with van der Waals surface area (Å²) in [4.78, 5) is 31.3. The van der Waals surface area contributed by atoms with Crippen LogP contribution < -0.4 is 0 Å². The Bertz CT molecular complexity index is 729. The standard InChI is InChI=1S/C20H25NO4/c1-12-10-13(2)16(15(11-12)14-4-5-14)17-18(22)20(25-19(17)23)6-8-21(24-3)9-7-20/h10-11,14,17H,4-9H2,1-3H3. The molecule has 1 aromatic carbocycles. The van der Waals surface area contributed by atoms with Crippen molar-refractivity contribution in [3.63, 3.8) is 0 Å². The van der Waals surface area contributed by atoms with Crippen molar-refractivity contribution in [2.24, 2.45) is 0 Å². The summed E-state index contributed by atoms with van der Waals surface area (Å²) in [6.45, 7) is 5.28. The van der Waals surface area contributed by atoms with Gasteiger partial charge in [0, 0.05) is 25.9 Å². The zero-order chi connectivity index (χ0) is 17.8. The number of rotatable bonds is 3. The van der Waals surface area contributed by atoms with Crippen LogP contribution in [0.3, 0.4) is 0 Å². The van der Waals surface area contributed by atoms with E-state index in [-0.39, 0.29) is 11.8 Å². The maximum absolute atomic E-state index is 13.3. The number of ketones is 1. The van der Waals surface area contributed by atoms with E-state index >= 15 is 0 Å². The van der Waals surface area contributed by atoms with Gasteiger partial charge in [-0.25, -0.2) is 0 Å². The molecule has 1 aromatic rings. The molecule has 3 fully saturated rings. The zero-order valence-electron chi connectivity index (χ0n) is 15.1. The highest BCUT2D eigenvalue weighted by molar-refractivity contribution is 6.14. The summed E-state index contributed by atoms with van der Waals surface area (Å²) in [5.41, 5.74) is 3.34. The fourth-order valence-electron chi connectivity index (χ4n) is 4.44. The first kappa shape index (κ1) is 16.7. The Labute approximate surface area is 148 Å². The third-order valence-corrected chi connectivity index (χ3v) is 5.90. The van der Waals surface area contributed by atoms with Crippen LogP contribution in [-0.4, -0.2) is 42.6 Å². The van der Waals surface area contributed by atoms with Gasteiger partial charge in [0.1, 0.15) is 5.92 Å². The second-order valence-electron chi connectivity index (χ2n) is 7.68. The zero-order valence-corrected chi connectivity index (χ0v) is 15.1. The van der Waals surface area contributed by atoms with Gasteiger partial charge in [-0.05, 0) is 49.3 Å². The van der Waals surface area contributed by atoms with Crippen LogP contribution in [0.1, 0.15) is 59.8 Å². The Hall–Kier alpha value is -1.72. The number of aryl methyl sites for hydroxylation is 2. The van der Waals surface area contributed by atoms with Gasteiger partial charge >= 0.3 is 5.97 Å². The Morgan fingerprint density at radius 2 is 1.84 bits per heavy atom. The van der Waals surface area contributed by atoms with Crippen LogP contribution in [0.2, 0.25) is 0 Å². The number of ether oxygens (including phenoxy) is 1. The highest BCUT2D eigenvalue weighted by atomic mass is 16.7. The van der Waals surface area contributed by atoms with Gasteiger partial charge in [-0.2, -0.15) is 5.06 Å². The molecule has 0 radical (unpaired) electrons. The Morgan fingerprint density at radius 1 is 1.16 bits per heavy atom. The summed E-state index contributed by atoms with van der Waals surface area (Å²) in [5, 5.41) is 1.81. The third-order valence-electron chi connectivity index (χ3n) is 5.90. The number of hydrogen-bond acceptors (Lipinski definition) is 5. The van der Waals surface area contributed by atoms with Crippen molar-refractivity contribution in [1.29, 1.82) is 0 Å². The number of nitrogens with zero attached hydrogens (tertiary/aromatic N) is 1. The smallest absolute Gasteiger partial charge is 0.322 e. The fourth-order valence-corrected chi connectivity index (χ4v) is 4.44. The third kappa shape index (κ3) is 2.70. The fraction of sp³-hybridized carbons (Fsp3) is 0.600. The average molecular weight is 343 g/mol. The van der Waals surface area contributed by atoms with E-state index in [0.717, 1.165) is 24.0 Å². The van der Waals surface area contributed by atoms with Crippen molar-refractivity contribution < 1.29 is 19.2 Å². The number of carbonyl (C=O) groups is 2. The average Bonchev–Trinajstić information content (AvgIpc) is 3.38. The number of Topliss-reactive ketones (excluding diaryl/α,β-unsaturated/α-hetero) is 1. The second kappa shape index (κ2) is 5.92. The summed E-state index contributed by atoms with van der Waals surface area (Å²) >= 11 is 0. The van der Waals surface area contributed by atoms with E-state index in [0.29, 0.717) is 31.8 Å². The van der Waals surface area contributed by atoms with Crippen LogP contribution in [0.5, 0.6) is 0 Å². The maximum Gasteiger partial charge on any atom is 0.322 e. The Balaban J connectivity index is 1.70. The minimum atomic E-state index is -0.963. The monoisotopic (exact) mass is 343 g/mol. The van der Waals surface area contributed by atoms with E-state index in [1.165, 1.54) is 11.1 Å². The molecule has 0 amide bonds. The van der Waals surface area contributed by atoms with E-state index in [2.05, 4.69) is 19.1 Å². The number of esters is 1. The van der Waals surface area contributed by atoms with Gasteiger partial charge in [-0.3, -0.25) is 9.59 Å². The molecule has 2 aliphatic heterocycles.